The summed E-state index contributed by atoms with van der Waals surface area (Å²) in [7, 11) is -1.18. The first-order chi connectivity index (χ1) is 14.8. The molecule has 1 unspecified atom stereocenters. The molecule has 0 bridgehead atoms. The summed E-state index contributed by atoms with van der Waals surface area (Å²) in [5, 5.41) is 18.1. The van der Waals surface area contributed by atoms with E-state index in [1.807, 2.05) is 12.1 Å². The van der Waals surface area contributed by atoms with Crippen LogP contribution >= 0.6 is 0 Å². The van der Waals surface area contributed by atoms with E-state index < -0.39 is 20.1 Å². The molecule has 1 atom stereocenters. The Morgan fingerprint density at radius 3 is 2.65 bits per heavy atom. The number of aromatic nitrogens is 5. The van der Waals surface area contributed by atoms with Crippen LogP contribution in [0.3, 0.4) is 0 Å². The van der Waals surface area contributed by atoms with Gasteiger partial charge in [0.05, 0.1) is 6.10 Å². The van der Waals surface area contributed by atoms with Crippen molar-refractivity contribution in [3.05, 3.63) is 54.4 Å². The molecule has 3 aromatic heterocycles. The van der Waals surface area contributed by atoms with Gasteiger partial charge in [0.25, 0.3) is 0 Å². The number of pyridine rings is 2. The number of nitrogens with zero attached hydrogens (tertiary/aromatic N) is 5. The Morgan fingerprint density at radius 2 is 1.97 bits per heavy atom. The summed E-state index contributed by atoms with van der Waals surface area (Å²) in [5.41, 5.74) is 1.42. The Morgan fingerprint density at radius 1 is 1.19 bits per heavy atom. The molecule has 3 heterocycles. The van der Waals surface area contributed by atoms with Gasteiger partial charge in [0.15, 0.2) is 5.82 Å². The molecule has 8 nitrogen and oxygen atoms in total. The Bertz CT molecular complexity index is 947. The van der Waals surface area contributed by atoms with Gasteiger partial charge in [0, 0.05) is 45.4 Å². The maximum Gasteiger partial charge on any atom is 0.223 e. The molecular formula is C21H29FN6O2Si. The maximum absolute atomic E-state index is 13.0. The van der Waals surface area contributed by atoms with Crippen LogP contribution in [-0.2, 0) is 11.5 Å². The van der Waals surface area contributed by atoms with Crippen LogP contribution in [0.4, 0.5) is 10.3 Å². The lowest BCUT2D eigenvalue weighted by Crippen LogP contribution is -2.22. The van der Waals surface area contributed by atoms with Gasteiger partial charge in [0.2, 0.25) is 11.9 Å². The Kier molecular flexibility index (Phi) is 7.83. The molecule has 0 aromatic carbocycles. The predicted molar refractivity (Wildman–Crippen MR) is 120 cm³/mol. The Labute approximate surface area is 182 Å². The molecule has 0 saturated heterocycles. The van der Waals surface area contributed by atoms with E-state index in [1.54, 1.807) is 17.1 Å². The van der Waals surface area contributed by atoms with E-state index >= 15 is 0 Å². The molecule has 166 valence electrons. The summed E-state index contributed by atoms with van der Waals surface area (Å²) in [4.78, 5) is 12.2. The number of hydrogen-bond donors (Lipinski definition) is 2. The van der Waals surface area contributed by atoms with Crippen LogP contribution in [0.25, 0.3) is 11.4 Å². The first kappa shape index (κ1) is 23.0. The van der Waals surface area contributed by atoms with E-state index in [0.717, 1.165) is 11.6 Å². The van der Waals surface area contributed by atoms with Gasteiger partial charge in [-0.3, -0.25) is 4.98 Å². The highest BCUT2D eigenvalue weighted by molar-refractivity contribution is 6.76. The molecule has 3 aromatic rings. The Hall–Kier alpha value is -2.69. The molecule has 0 amide bonds. The van der Waals surface area contributed by atoms with Gasteiger partial charge in [0.1, 0.15) is 6.73 Å². The van der Waals surface area contributed by atoms with Crippen molar-refractivity contribution in [1.82, 2.24) is 24.7 Å². The number of rotatable bonds is 11. The van der Waals surface area contributed by atoms with Crippen LogP contribution in [-0.4, -0.2) is 51.1 Å². The topological polar surface area (TPSA) is 98.0 Å². The van der Waals surface area contributed by atoms with E-state index in [2.05, 4.69) is 45.0 Å². The third-order valence-corrected chi connectivity index (χ3v) is 6.36. The molecule has 0 radical (unpaired) electrons. The zero-order chi connectivity index (χ0) is 22.3. The average molecular weight is 445 g/mol. The van der Waals surface area contributed by atoms with Crippen LogP contribution in [0, 0.1) is 5.95 Å². The highest BCUT2D eigenvalue weighted by Crippen LogP contribution is 2.19. The van der Waals surface area contributed by atoms with Crippen molar-refractivity contribution in [2.75, 3.05) is 18.5 Å². The van der Waals surface area contributed by atoms with Crippen LogP contribution in [0.5, 0.6) is 0 Å². The van der Waals surface area contributed by atoms with Gasteiger partial charge in [-0.25, -0.2) is 9.67 Å². The lowest BCUT2D eigenvalue weighted by Gasteiger charge is -2.16. The summed E-state index contributed by atoms with van der Waals surface area (Å²) in [6.07, 6.45) is 4.38. The quantitative estimate of drug-likeness (QED) is 0.264. The van der Waals surface area contributed by atoms with Gasteiger partial charge in [-0.2, -0.15) is 9.37 Å². The van der Waals surface area contributed by atoms with Gasteiger partial charge in [-0.1, -0.05) is 25.7 Å². The minimum absolute atomic E-state index is 0.287. The van der Waals surface area contributed by atoms with E-state index in [1.165, 1.54) is 18.3 Å². The first-order valence-corrected chi connectivity index (χ1v) is 14.0. The SMILES string of the molecule is C[Si](C)(C)CCOCn1nc(-c2ccncc2)nc1NCCC(O)c1ccc(F)nc1. The molecule has 0 aliphatic carbocycles. The minimum Gasteiger partial charge on any atom is -0.388 e. The summed E-state index contributed by atoms with van der Waals surface area (Å²) in [6.45, 7) is 8.33. The van der Waals surface area contributed by atoms with Crippen molar-refractivity contribution < 1.29 is 14.2 Å². The first-order valence-electron chi connectivity index (χ1n) is 10.3. The Balaban J connectivity index is 1.63. The largest absolute Gasteiger partial charge is 0.388 e. The zero-order valence-electron chi connectivity index (χ0n) is 18.1. The third kappa shape index (κ3) is 7.19. The van der Waals surface area contributed by atoms with Crippen LogP contribution in [0.2, 0.25) is 25.7 Å². The van der Waals surface area contributed by atoms with Crippen molar-refractivity contribution >= 4 is 14.0 Å². The molecule has 0 saturated carbocycles. The van der Waals surface area contributed by atoms with Crippen LogP contribution < -0.4 is 5.32 Å². The lowest BCUT2D eigenvalue weighted by molar-refractivity contribution is 0.0799. The normalized spacial score (nSPS) is 12.7. The lowest BCUT2D eigenvalue weighted by atomic mass is 10.1. The number of ether oxygens (including phenoxy) is 1. The van der Waals surface area contributed by atoms with E-state index in [9.17, 15) is 9.50 Å². The van der Waals surface area contributed by atoms with Crippen molar-refractivity contribution in [1.29, 1.82) is 0 Å². The number of aliphatic hydroxyl groups excluding tert-OH is 1. The highest BCUT2D eigenvalue weighted by atomic mass is 28.3. The minimum atomic E-state index is -1.18. The second kappa shape index (κ2) is 10.6. The fraction of sp³-hybridized carbons (Fsp3) is 0.429. The molecule has 2 N–H and O–H groups in total. The van der Waals surface area contributed by atoms with E-state index in [4.69, 9.17) is 4.74 Å². The monoisotopic (exact) mass is 444 g/mol. The average Bonchev–Trinajstić information content (AvgIpc) is 3.14. The van der Waals surface area contributed by atoms with Gasteiger partial charge in [-0.05, 0) is 36.2 Å². The molecule has 31 heavy (non-hydrogen) atoms. The summed E-state index contributed by atoms with van der Waals surface area (Å²) in [6, 6.07) is 7.53. The molecule has 0 aliphatic rings. The second-order valence-corrected chi connectivity index (χ2v) is 14.1. The van der Waals surface area contributed by atoms with Crippen LogP contribution in [0.15, 0.2) is 42.9 Å². The highest BCUT2D eigenvalue weighted by Gasteiger charge is 2.15. The number of aliphatic hydroxyl groups is 1. The number of halogens is 1. The van der Waals surface area contributed by atoms with Crippen molar-refractivity contribution in [2.24, 2.45) is 0 Å². The fourth-order valence-electron chi connectivity index (χ4n) is 2.79. The third-order valence-electron chi connectivity index (χ3n) is 4.66. The van der Waals surface area contributed by atoms with Crippen molar-refractivity contribution in [3.63, 3.8) is 0 Å². The maximum atomic E-state index is 13.0. The smallest absolute Gasteiger partial charge is 0.223 e. The molecule has 0 fully saturated rings. The predicted octanol–water partition coefficient (Wildman–Crippen LogP) is 3.72. The molecular weight excluding hydrogens is 415 g/mol. The zero-order valence-corrected chi connectivity index (χ0v) is 19.1. The van der Waals surface area contributed by atoms with Gasteiger partial charge in [-0.15, -0.1) is 5.10 Å². The summed E-state index contributed by atoms with van der Waals surface area (Å²) in [5.74, 6) is 0.561. The van der Waals surface area contributed by atoms with Crippen molar-refractivity contribution in [3.8, 4) is 11.4 Å². The van der Waals surface area contributed by atoms with Crippen LogP contribution in [0.1, 0.15) is 18.1 Å². The van der Waals surface area contributed by atoms with E-state index in [-0.39, 0.29) is 6.73 Å². The molecule has 0 aliphatic heterocycles. The molecule has 10 heteroatoms. The summed E-state index contributed by atoms with van der Waals surface area (Å²) >= 11 is 0. The van der Waals surface area contributed by atoms with Crippen molar-refractivity contribution in [2.45, 2.75) is 44.9 Å². The second-order valence-electron chi connectivity index (χ2n) is 8.49. The number of hydrogen-bond acceptors (Lipinski definition) is 7. The molecule has 0 spiro atoms. The van der Waals surface area contributed by atoms with E-state index in [0.29, 0.717) is 36.9 Å². The molecule has 3 rings (SSSR count). The van der Waals surface area contributed by atoms with Gasteiger partial charge >= 0.3 is 0 Å². The fourth-order valence-corrected chi connectivity index (χ4v) is 3.54. The van der Waals surface area contributed by atoms with Gasteiger partial charge < -0.3 is 15.2 Å². The number of anilines is 1. The number of nitrogens with one attached hydrogen (secondary N) is 1. The summed E-state index contributed by atoms with van der Waals surface area (Å²) < 4.78 is 20.5. The standard InChI is InChI=1S/C21H29FN6O2Si/c1-31(2,3)13-12-30-15-28-21(26-20(27-28)16-6-9-23-10-7-16)24-11-8-18(29)17-4-5-19(22)25-14-17/h4-7,9-10,14,18,29H,8,11-13,15H2,1-3H3,(H,24,26,27).